The predicted molar refractivity (Wildman–Crippen MR) is 54.8 cm³/mol. The van der Waals surface area contributed by atoms with Crippen LogP contribution in [0.15, 0.2) is 18.2 Å². The maximum absolute atomic E-state index is 13.3. The molecule has 0 atom stereocenters. The molecular weight excluding hydrogens is 197 g/mol. The molecule has 4 heteroatoms. The first-order chi connectivity index (χ1) is 7.24. The normalized spacial score (nSPS) is 16.3. The fourth-order valence-corrected chi connectivity index (χ4v) is 1.61. The fourth-order valence-electron chi connectivity index (χ4n) is 1.61. The monoisotopic (exact) mass is 209 g/mol. The number of hydrogen-bond acceptors (Lipinski definition) is 3. The average Bonchev–Trinajstić information content (AvgIpc) is 2.16. The van der Waals surface area contributed by atoms with Crippen molar-refractivity contribution in [3.05, 3.63) is 29.6 Å². The zero-order chi connectivity index (χ0) is 10.8. The van der Waals surface area contributed by atoms with E-state index in [9.17, 15) is 9.18 Å². The average molecular weight is 209 g/mol. The number of carbonyl (C=O) groups excluding carboxylic acids is 1. The number of methoxy groups -OCH3 is 1. The molecule has 0 N–H and O–H groups in total. The van der Waals surface area contributed by atoms with E-state index in [0.29, 0.717) is 6.29 Å². The molecule has 2 rings (SSSR count). The first kappa shape index (κ1) is 10.1. The smallest absolute Gasteiger partial charge is 0.152 e. The van der Waals surface area contributed by atoms with E-state index in [0.717, 1.165) is 18.8 Å². The van der Waals surface area contributed by atoms with Gasteiger partial charge in [0.05, 0.1) is 11.7 Å². The van der Waals surface area contributed by atoms with Crippen LogP contribution in [0, 0.1) is 5.82 Å². The quantitative estimate of drug-likeness (QED) is 0.706. The summed E-state index contributed by atoms with van der Waals surface area (Å²) in [4.78, 5) is 12.4. The van der Waals surface area contributed by atoms with Crippen LogP contribution < -0.4 is 4.90 Å². The van der Waals surface area contributed by atoms with Gasteiger partial charge in [0, 0.05) is 25.9 Å². The van der Waals surface area contributed by atoms with Crippen molar-refractivity contribution in [1.29, 1.82) is 0 Å². The van der Waals surface area contributed by atoms with Gasteiger partial charge in [0.2, 0.25) is 0 Å². The van der Waals surface area contributed by atoms with Gasteiger partial charge in [-0.25, -0.2) is 4.39 Å². The van der Waals surface area contributed by atoms with Gasteiger partial charge < -0.3 is 9.64 Å². The first-order valence-corrected chi connectivity index (χ1v) is 4.77. The molecule has 1 aliphatic rings. The Kier molecular flexibility index (Phi) is 2.68. The topological polar surface area (TPSA) is 29.5 Å². The third kappa shape index (κ3) is 1.85. The highest BCUT2D eigenvalue weighted by atomic mass is 19.1. The van der Waals surface area contributed by atoms with Gasteiger partial charge in [0.25, 0.3) is 0 Å². The van der Waals surface area contributed by atoms with Gasteiger partial charge >= 0.3 is 0 Å². The van der Waals surface area contributed by atoms with Gasteiger partial charge in [-0.05, 0) is 18.2 Å². The molecule has 0 spiro atoms. The van der Waals surface area contributed by atoms with Crippen molar-refractivity contribution >= 4 is 12.0 Å². The van der Waals surface area contributed by atoms with Crippen molar-refractivity contribution in [2.45, 2.75) is 6.10 Å². The molecule has 1 aromatic rings. The standard InChI is InChI=1S/C11H12FNO2/c1-15-10-5-13(6-10)9-3-2-8(7-14)11(12)4-9/h2-4,7,10H,5-6H2,1H3. The molecule has 1 saturated heterocycles. The minimum atomic E-state index is -0.469. The van der Waals surface area contributed by atoms with Gasteiger partial charge in [0.15, 0.2) is 6.29 Å². The van der Waals surface area contributed by atoms with Crippen molar-refractivity contribution in [1.82, 2.24) is 0 Å². The largest absolute Gasteiger partial charge is 0.378 e. The van der Waals surface area contributed by atoms with Crippen molar-refractivity contribution in [3.8, 4) is 0 Å². The highest BCUT2D eigenvalue weighted by Gasteiger charge is 2.26. The van der Waals surface area contributed by atoms with E-state index >= 15 is 0 Å². The first-order valence-electron chi connectivity index (χ1n) is 4.77. The van der Waals surface area contributed by atoms with Gasteiger partial charge in [-0.2, -0.15) is 0 Å². The minimum absolute atomic E-state index is 0.0996. The Hall–Kier alpha value is -1.42. The third-order valence-electron chi connectivity index (χ3n) is 2.66. The lowest BCUT2D eigenvalue weighted by atomic mass is 10.1. The van der Waals surface area contributed by atoms with E-state index in [1.807, 2.05) is 4.90 Å². The molecule has 0 amide bonds. The van der Waals surface area contributed by atoms with Gasteiger partial charge in [0.1, 0.15) is 5.82 Å². The lowest BCUT2D eigenvalue weighted by molar-refractivity contribution is 0.0787. The Labute approximate surface area is 87.5 Å². The van der Waals surface area contributed by atoms with E-state index in [4.69, 9.17) is 4.74 Å². The Morgan fingerprint density at radius 3 is 2.80 bits per heavy atom. The maximum atomic E-state index is 13.3. The molecule has 0 radical (unpaired) electrons. The van der Waals surface area contributed by atoms with Crippen LogP contribution in [0.25, 0.3) is 0 Å². The number of nitrogens with zero attached hydrogens (tertiary/aromatic N) is 1. The second kappa shape index (κ2) is 3.98. The van der Waals surface area contributed by atoms with Crippen LogP contribution in [0.2, 0.25) is 0 Å². The van der Waals surface area contributed by atoms with Crippen LogP contribution in [0.3, 0.4) is 0 Å². The Balaban J connectivity index is 2.11. The summed E-state index contributed by atoms with van der Waals surface area (Å²) < 4.78 is 18.4. The zero-order valence-corrected chi connectivity index (χ0v) is 8.44. The summed E-state index contributed by atoms with van der Waals surface area (Å²) in [7, 11) is 1.66. The van der Waals surface area contributed by atoms with Crippen LogP contribution in [0.1, 0.15) is 10.4 Å². The maximum Gasteiger partial charge on any atom is 0.152 e. The molecule has 80 valence electrons. The molecule has 0 aromatic heterocycles. The van der Waals surface area contributed by atoms with Crippen LogP contribution in [-0.4, -0.2) is 32.6 Å². The number of carbonyl (C=O) groups is 1. The lowest BCUT2D eigenvalue weighted by Crippen LogP contribution is -2.51. The molecule has 0 bridgehead atoms. The molecule has 15 heavy (non-hydrogen) atoms. The van der Waals surface area contributed by atoms with Crippen LogP contribution in [0.5, 0.6) is 0 Å². The molecule has 3 nitrogen and oxygen atoms in total. The molecule has 0 aliphatic carbocycles. The minimum Gasteiger partial charge on any atom is -0.378 e. The highest BCUT2D eigenvalue weighted by molar-refractivity contribution is 5.76. The van der Waals surface area contributed by atoms with E-state index < -0.39 is 5.82 Å². The summed E-state index contributed by atoms with van der Waals surface area (Å²) in [6, 6.07) is 4.63. The number of hydrogen-bond donors (Lipinski definition) is 0. The van der Waals surface area contributed by atoms with Crippen LogP contribution in [0.4, 0.5) is 10.1 Å². The Morgan fingerprint density at radius 2 is 2.27 bits per heavy atom. The predicted octanol–water partition coefficient (Wildman–Crippen LogP) is 1.47. The summed E-state index contributed by atoms with van der Waals surface area (Å²) in [5, 5.41) is 0. The van der Waals surface area contributed by atoms with E-state index in [1.54, 1.807) is 13.2 Å². The van der Waals surface area contributed by atoms with Crippen molar-refractivity contribution in [3.63, 3.8) is 0 Å². The molecular formula is C11H12FNO2. The number of ether oxygens (including phenoxy) is 1. The lowest BCUT2D eigenvalue weighted by Gasteiger charge is -2.40. The number of benzene rings is 1. The molecule has 0 unspecified atom stereocenters. The number of halogens is 1. The summed E-state index contributed by atoms with van der Waals surface area (Å²) in [6.07, 6.45) is 0.756. The second-order valence-corrected chi connectivity index (χ2v) is 3.59. The third-order valence-corrected chi connectivity index (χ3v) is 2.66. The Bertz CT molecular complexity index is 375. The van der Waals surface area contributed by atoms with Gasteiger partial charge in [-0.15, -0.1) is 0 Å². The zero-order valence-electron chi connectivity index (χ0n) is 8.44. The number of anilines is 1. The van der Waals surface area contributed by atoms with Crippen molar-refractivity contribution in [2.24, 2.45) is 0 Å². The Morgan fingerprint density at radius 1 is 1.53 bits per heavy atom. The molecule has 1 heterocycles. The molecule has 1 aromatic carbocycles. The van der Waals surface area contributed by atoms with Crippen LogP contribution >= 0.6 is 0 Å². The highest BCUT2D eigenvalue weighted by Crippen LogP contribution is 2.23. The van der Waals surface area contributed by atoms with Crippen LogP contribution in [-0.2, 0) is 4.74 Å². The molecule has 0 saturated carbocycles. The SMILES string of the molecule is COC1CN(c2ccc(C=O)c(F)c2)C1. The van der Waals surface area contributed by atoms with E-state index in [-0.39, 0.29) is 11.7 Å². The van der Waals surface area contributed by atoms with Gasteiger partial charge in [-0.1, -0.05) is 0 Å². The second-order valence-electron chi connectivity index (χ2n) is 3.59. The summed E-state index contributed by atoms with van der Waals surface area (Å²) in [5.74, 6) is -0.469. The van der Waals surface area contributed by atoms with Crippen molar-refractivity contribution in [2.75, 3.05) is 25.1 Å². The van der Waals surface area contributed by atoms with Crippen molar-refractivity contribution < 1.29 is 13.9 Å². The summed E-state index contributed by atoms with van der Waals surface area (Å²) >= 11 is 0. The number of aldehydes is 1. The van der Waals surface area contributed by atoms with Gasteiger partial charge in [-0.3, -0.25) is 4.79 Å². The summed E-state index contributed by atoms with van der Waals surface area (Å²) in [6.45, 7) is 1.55. The summed E-state index contributed by atoms with van der Waals surface area (Å²) in [5.41, 5.74) is 0.897. The fraction of sp³-hybridized carbons (Fsp3) is 0.364. The molecule has 1 fully saturated rings. The van der Waals surface area contributed by atoms with E-state index in [2.05, 4.69) is 0 Å². The molecule has 1 aliphatic heterocycles. The number of rotatable bonds is 3. The van der Waals surface area contributed by atoms with E-state index in [1.165, 1.54) is 12.1 Å².